The van der Waals surface area contributed by atoms with Crippen molar-refractivity contribution in [2.24, 2.45) is 0 Å². The summed E-state index contributed by atoms with van der Waals surface area (Å²) >= 11 is 1.37. The molecule has 0 saturated heterocycles. The quantitative estimate of drug-likeness (QED) is 0.640. The summed E-state index contributed by atoms with van der Waals surface area (Å²) in [6.07, 6.45) is -4.37. The lowest BCUT2D eigenvalue weighted by molar-refractivity contribution is -0.137. The maximum absolute atomic E-state index is 13.0. The minimum absolute atomic E-state index is 0.115. The van der Waals surface area contributed by atoms with E-state index >= 15 is 0 Å². The van der Waals surface area contributed by atoms with Crippen LogP contribution in [0.5, 0.6) is 0 Å². The van der Waals surface area contributed by atoms with Gasteiger partial charge >= 0.3 is 6.18 Å². The molecule has 0 atom stereocenters. The summed E-state index contributed by atoms with van der Waals surface area (Å²) in [4.78, 5) is 18.4. The number of hydrogen-bond acceptors (Lipinski definition) is 4. The van der Waals surface area contributed by atoms with Crippen LogP contribution in [0.1, 0.15) is 16.1 Å². The largest absolute Gasteiger partial charge is 0.416 e. The fourth-order valence-electron chi connectivity index (χ4n) is 3.44. The van der Waals surface area contributed by atoms with E-state index < -0.39 is 11.7 Å². The predicted molar refractivity (Wildman–Crippen MR) is 101 cm³/mol. The molecule has 0 saturated carbocycles. The van der Waals surface area contributed by atoms with E-state index in [2.05, 4.69) is 4.98 Å². The van der Waals surface area contributed by atoms with Gasteiger partial charge in [-0.1, -0.05) is 12.1 Å². The van der Waals surface area contributed by atoms with Crippen LogP contribution in [0.3, 0.4) is 0 Å². The molecule has 4 rings (SSSR count). The lowest BCUT2D eigenvalue weighted by Gasteiger charge is -2.07. The SMILES string of the molecule is Cc1sc(-c2ccc(C(F)(F)F)cc2)nc1-c1c(C)n2n(c1=O)CCOCC2. The molecule has 1 aliphatic heterocycles. The number of rotatable bonds is 2. The van der Waals surface area contributed by atoms with Crippen LogP contribution in [0.15, 0.2) is 29.1 Å². The van der Waals surface area contributed by atoms with E-state index in [0.29, 0.717) is 48.1 Å². The van der Waals surface area contributed by atoms with Crippen LogP contribution in [0.2, 0.25) is 0 Å². The molecule has 2 aromatic heterocycles. The fourth-order valence-corrected chi connectivity index (χ4v) is 4.37. The van der Waals surface area contributed by atoms with Crippen molar-refractivity contribution >= 4 is 11.3 Å². The van der Waals surface area contributed by atoms with Crippen molar-refractivity contribution in [3.05, 3.63) is 50.8 Å². The molecule has 3 heterocycles. The Hall–Kier alpha value is -2.39. The number of fused-ring (bicyclic) bond motifs is 1. The summed E-state index contributed by atoms with van der Waals surface area (Å²) in [6, 6.07) is 4.92. The van der Waals surface area contributed by atoms with Crippen molar-refractivity contribution in [3.8, 4) is 21.8 Å². The third-order valence-corrected chi connectivity index (χ3v) is 5.90. The van der Waals surface area contributed by atoms with Gasteiger partial charge in [-0.15, -0.1) is 11.3 Å². The molecule has 0 unspecified atom stereocenters. The molecular formula is C19H18F3N3O2S. The Kier molecular flexibility index (Phi) is 4.67. The lowest BCUT2D eigenvalue weighted by atomic mass is 10.1. The van der Waals surface area contributed by atoms with E-state index in [1.54, 1.807) is 4.68 Å². The van der Waals surface area contributed by atoms with Gasteiger partial charge in [-0.3, -0.25) is 9.48 Å². The van der Waals surface area contributed by atoms with Crippen LogP contribution in [0.4, 0.5) is 13.2 Å². The fraction of sp³-hybridized carbons (Fsp3) is 0.368. The zero-order valence-electron chi connectivity index (χ0n) is 15.3. The maximum Gasteiger partial charge on any atom is 0.416 e. The number of nitrogens with zero attached hydrogens (tertiary/aromatic N) is 3. The second kappa shape index (κ2) is 6.89. The minimum Gasteiger partial charge on any atom is -0.378 e. The minimum atomic E-state index is -4.37. The van der Waals surface area contributed by atoms with Crippen LogP contribution in [0, 0.1) is 13.8 Å². The Bertz CT molecular complexity index is 1080. The summed E-state index contributed by atoms with van der Waals surface area (Å²) in [6.45, 7) is 5.85. The van der Waals surface area contributed by atoms with Crippen molar-refractivity contribution in [3.63, 3.8) is 0 Å². The predicted octanol–water partition coefficient (Wildman–Crippen LogP) is 4.11. The number of benzene rings is 1. The highest BCUT2D eigenvalue weighted by Gasteiger charge is 2.30. The number of hydrogen-bond donors (Lipinski definition) is 0. The molecule has 9 heteroatoms. The molecule has 1 aromatic carbocycles. The van der Waals surface area contributed by atoms with Crippen molar-refractivity contribution < 1.29 is 17.9 Å². The van der Waals surface area contributed by atoms with E-state index in [0.717, 1.165) is 22.7 Å². The molecule has 1 aliphatic rings. The van der Waals surface area contributed by atoms with Gasteiger partial charge < -0.3 is 4.74 Å². The van der Waals surface area contributed by atoms with E-state index in [-0.39, 0.29) is 5.56 Å². The van der Waals surface area contributed by atoms with Crippen LogP contribution in [-0.2, 0) is 24.0 Å². The Labute approximate surface area is 163 Å². The van der Waals surface area contributed by atoms with Crippen LogP contribution >= 0.6 is 11.3 Å². The zero-order chi connectivity index (χ0) is 20.1. The topological polar surface area (TPSA) is 49.0 Å². The molecule has 28 heavy (non-hydrogen) atoms. The standard InChI is InChI=1S/C19H18F3N3O2S/c1-11-15(18(26)25-8-10-27-9-7-24(11)25)16-12(2)28-17(23-16)13-3-5-14(6-4-13)19(20,21)22/h3-6H,7-10H2,1-2H3. The Balaban J connectivity index is 1.76. The first-order valence-corrected chi connectivity index (χ1v) is 9.62. The molecule has 0 N–H and O–H groups in total. The smallest absolute Gasteiger partial charge is 0.378 e. The molecule has 0 fully saturated rings. The highest BCUT2D eigenvalue weighted by Crippen LogP contribution is 2.35. The van der Waals surface area contributed by atoms with E-state index in [1.807, 2.05) is 18.5 Å². The van der Waals surface area contributed by atoms with Gasteiger partial charge in [0.2, 0.25) is 0 Å². The first-order valence-electron chi connectivity index (χ1n) is 8.80. The number of halogens is 3. The second-order valence-corrected chi connectivity index (χ2v) is 7.83. The molecule has 0 bridgehead atoms. The molecule has 3 aromatic rings. The van der Waals surface area contributed by atoms with Gasteiger partial charge in [-0.2, -0.15) is 13.2 Å². The Morgan fingerprint density at radius 2 is 1.71 bits per heavy atom. The average Bonchev–Trinajstić information content (AvgIpc) is 2.99. The molecule has 0 spiro atoms. The maximum atomic E-state index is 13.0. The summed E-state index contributed by atoms with van der Waals surface area (Å²) in [5.41, 5.74) is 1.75. The normalized spacial score (nSPS) is 14.8. The summed E-state index contributed by atoms with van der Waals surface area (Å²) in [7, 11) is 0. The van der Waals surface area contributed by atoms with Crippen molar-refractivity contribution in [1.29, 1.82) is 0 Å². The summed E-state index contributed by atoms with van der Waals surface area (Å²) in [5.74, 6) is 0. The second-order valence-electron chi connectivity index (χ2n) is 6.62. The average molecular weight is 409 g/mol. The summed E-state index contributed by atoms with van der Waals surface area (Å²) < 4.78 is 47.4. The van der Waals surface area contributed by atoms with Gasteiger partial charge in [0, 0.05) is 16.1 Å². The third kappa shape index (κ3) is 3.18. The number of thiazole rings is 1. The van der Waals surface area contributed by atoms with Crippen molar-refractivity contribution in [2.75, 3.05) is 13.2 Å². The lowest BCUT2D eigenvalue weighted by Crippen LogP contribution is -2.23. The molecule has 148 valence electrons. The first kappa shape index (κ1) is 18.9. The molecule has 0 aliphatic carbocycles. The number of aromatic nitrogens is 3. The number of ether oxygens (including phenoxy) is 1. The van der Waals surface area contributed by atoms with Crippen molar-refractivity contribution in [1.82, 2.24) is 14.3 Å². The molecular weight excluding hydrogens is 391 g/mol. The van der Waals surface area contributed by atoms with E-state index in [9.17, 15) is 18.0 Å². The van der Waals surface area contributed by atoms with Gasteiger partial charge in [-0.05, 0) is 26.0 Å². The van der Waals surface area contributed by atoms with Crippen LogP contribution < -0.4 is 5.56 Å². The van der Waals surface area contributed by atoms with Gasteiger partial charge in [0.05, 0.1) is 43.1 Å². The van der Waals surface area contributed by atoms with Gasteiger partial charge in [0.25, 0.3) is 5.56 Å². The highest BCUT2D eigenvalue weighted by atomic mass is 32.1. The highest BCUT2D eigenvalue weighted by molar-refractivity contribution is 7.15. The monoisotopic (exact) mass is 409 g/mol. The summed E-state index contributed by atoms with van der Waals surface area (Å²) in [5, 5.41) is 0.592. The van der Waals surface area contributed by atoms with Gasteiger partial charge in [0.15, 0.2) is 0 Å². The van der Waals surface area contributed by atoms with Gasteiger partial charge in [-0.25, -0.2) is 9.67 Å². The molecule has 0 amide bonds. The van der Waals surface area contributed by atoms with Crippen LogP contribution in [0.25, 0.3) is 21.8 Å². The van der Waals surface area contributed by atoms with Crippen molar-refractivity contribution in [2.45, 2.75) is 33.1 Å². The first-order chi connectivity index (χ1) is 13.3. The Morgan fingerprint density at radius 1 is 1.07 bits per heavy atom. The van der Waals surface area contributed by atoms with E-state index in [4.69, 9.17) is 4.74 Å². The third-order valence-electron chi connectivity index (χ3n) is 4.88. The molecule has 0 radical (unpaired) electrons. The zero-order valence-corrected chi connectivity index (χ0v) is 16.2. The number of alkyl halides is 3. The molecule has 5 nitrogen and oxygen atoms in total. The van der Waals surface area contributed by atoms with E-state index in [1.165, 1.54) is 23.5 Å². The van der Waals surface area contributed by atoms with Crippen LogP contribution in [-0.4, -0.2) is 27.6 Å². The number of aryl methyl sites for hydroxylation is 1. The Morgan fingerprint density at radius 3 is 2.36 bits per heavy atom. The van der Waals surface area contributed by atoms with Gasteiger partial charge in [0.1, 0.15) is 5.01 Å².